The van der Waals surface area contributed by atoms with Crippen molar-refractivity contribution in [1.29, 1.82) is 0 Å². The lowest BCUT2D eigenvalue weighted by Gasteiger charge is -2.26. The first-order valence-corrected chi connectivity index (χ1v) is 9.36. The van der Waals surface area contributed by atoms with Crippen molar-refractivity contribution in [2.45, 2.75) is 25.3 Å². The van der Waals surface area contributed by atoms with Crippen molar-refractivity contribution >= 4 is 17.5 Å². The highest BCUT2D eigenvalue weighted by Crippen LogP contribution is 2.22. The lowest BCUT2D eigenvalue weighted by atomic mass is 9.93. The second kappa shape index (κ2) is 8.08. The number of ether oxygens (including phenoxy) is 1. The summed E-state index contributed by atoms with van der Waals surface area (Å²) in [5.41, 5.74) is 3.44. The van der Waals surface area contributed by atoms with Gasteiger partial charge in [0.15, 0.2) is 0 Å². The number of benzene rings is 2. The molecule has 1 aliphatic carbocycles. The van der Waals surface area contributed by atoms with Crippen molar-refractivity contribution in [1.82, 2.24) is 15.3 Å². The zero-order valence-electron chi connectivity index (χ0n) is 15.7. The molecular weight excluding hydrogens is 352 g/mol. The number of hydrogen-bond acceptors (Lipinski definition) is 5. The molecule has 0 bridgehead atoms. The smallest absolute Gasteiger partial charge is 0.251 e. The van der Waals surface area contributed by atoms with Gasteiger partial charge in [-0.3, -0.25) is 4.79 Å². The third-order valence-electron chi connectivity index (χ3n) is 4.92. The van der Waals surface area contributed by atoms with Gasteiger partial charge in [-0.25, -0.2) is 9.97 Å². The maximum Gasteiger partial charge on any atom is 0.251 e. The summed E-state index contributed by atoms with van der Waals surface area (Å²) in [7, 11) is 1.64. The fourth-order valence-corrected chi connectivity index (χ4v) is 2.98. The summed E-state index contributed by atoms with van der Waals surface area (Å²) in [4.78, 5) is 20.9. The van der Waals surface area contributed by atoms with E-state index in [9.17, 15) is 4.79 Å². The van der Waals surface area contributed by atoms with Crippen LogP contribution in [0.4, 0.5) is 11.6 Å². The molecule has 1 aromatic heterocycles. The van der Waals surface area contributed by atoms with E-state index in [1.165, 1.54) is 6.42 Å². The third kappa shape index (κ3) is 4.11. The molecule has 1 amide bonds. The summed E-state index contributed by atoms with van der Waals surface area (Å²) in [5, 5.41) is 6.20. The molecule has 0 unspecified atom stereocenters. The van der Waals surface area contributed by atoms with Crippen molar-refractivity contribution in [2.75, 3.05) is 12.4 Å². The second-order valence-corrected chi connectivity index (χ2v) is 6.83. The van der Waals surface area contributed by atoms with Gasteiger partial charge in [0.1, 0.15) is 5.75 Å². The van der Waals surface area contributed by atoms with Gasteiger partial charge < -0.3 is 15.4 Å². The first-order valence-electron chi connectivity index (χ1n) is 9.36. The fourth-order valence-electron chi connectivity index (χ4n) is 2.98. The Morgan fingerprint density at radius 1 is 0.964 bits per heavy atom. The van der Waals surface area contributed by atoms with Gasteiger partial charge in [0.2, 0.25) is 5.95 Å². The zero-order chi connectivity index (χ0) is 19.3. The molecule has 3 aromatic rings. The Morgan fingerprint density at radius 2 is 1.64 bits per heavy atom. The number of carbonyl (C=O) groups excluding carboxylic acids is 1. The summed E-state index contributed by atoms with van der Waals surface area (Å²) >= 11 is 0. The molecule has 0 radical (unpaired) electrons. The van der Waals surface area contributed by atoms with Crippen LogP contribution in [0.1, 0.15) is 29.6 Å². The SMILES string of the molecule is COc1ccc(-c2cnc(Nc3ccc(C(=O)NC4CCC4)cc3)nc2)cc1. The van der Waals surface area contributed by atoms with Gasteiger partial charge in [-0.15, -0.1) is 0 Å². The predicted molar refractivity (Wildman–Crippen MR) is 109 cm³/mol. The molecule has 142 valence electrons. The zero-order valence-corrected chi connectivity index (χ0v) is 15.7. The van der Waals surface area contributed by atoms with Gasteiger partial charge in [-0.05, 0) is 61.2 Å². The average molecular weight is 374 g/mol. The number of nitrogens with zero attached hydrogens (tertiary/aromatic N) is 2. The average Bonchev–Trinajstić information content (AvgIpc) is 2.72. The quantitative estimate of drug-likeness (QED) is 0.677. The van der Waals surface area contributed by atoms with E-state index in [1.54, 1.807) is 19.5 Å². The van der Waals surface area contributed by atoms with Crippen molar-refractivity contribution in [2.24, 2.45) is 0 Å². The molecule has 1 heterocycles. The van der Waals surface area contributed by atoms with Crippen LogP contribution >= 0.6 is 0 Å². The number of rotatable bonds is 6. The van der Waals surface area contributed by atoms with Gasteiger partial charge in [0.05, 0.1) is 7.11 Å². The van der Waals surface area contributed by atoms with Crippen molar-refractivity contribution < 1.29 is 9.53 Å². The standard InChI is InChI=1S/C22H22N4O2/c1-28-20-11-7-15(8-12-20)17-13-23-22(24-14-17)26-19-9-5-16(6-10-19)21(27)25-18-3-2-4-18/h5-14,18H,2-4H2,1H3,(H,25,27)(H,23,24,26). The van der Waals surface area contributed by atoms with Crippen LogP contribution in [0.15, 0.2) is 60.9 Å². The summed E-state index contributed by atoms with van der Waals surface area (Å²) in [6.07, 6.45) is 6.91. The molecule has 1 fully saturated rings. The first kappa shape index (κ1) is 18.0. The van der Waals surface area contributed by atoms with E-state index in [4.69, 9.17) is 4.74 Å². The maximum atomic E-state index is 12.2. The molecule has 1 saturated carbocycles. The van der Waals surface area contributed by atoms with Crippen LogP contribution < -0.4 is 15.4 Å². The molecule has 2 aromatic carbocycles. The highest BCUT2D eigenvalue weighted by atomic mass is 16.5. The summed E-state index contributed by atoms with van der Waals surface area (Å²) in [6.45, 7) is 0. The van der Waals surface area contributed by atoms with E-state index in [-0.39, 0.29) is 5.91 Å². The molecule has 0 aliphatic heterocycles. The molecule has 0 saturated heterocycles. The van der Waals surface area contributed by atoms with Gasteiger partial charge in [0.25, 0.3) is 5.91 Å². The van der Waals surface area contributed by atoms with E-state index < -0.39 is 0 Å². The number of hydrogen-bond donors (Lipinski definition) is 2. The summed E-state index contributed by atoms with van der Waals surface area (Å²) < 4.78 is 5.17. The molecular formula is C22H22N4O2. The Morgan fingerprint density at radius 3 is 2.21 bits per heavy atom. The Bertz CT molecular complexity index is 934. The number of methoxy groups -OCH3 is 1. The van der Waals surface area contributed by atoms with Crippen LogP contribution in [0.2, 0.25) is 0 Å². The van der Waals surface area contributed by atoms with Crippen molar-refractivity contribution in [3.8, 4) is 16.9 Å². The number of aromatic nitrogens is 2. The molecule has 0 atom stereocenters. The van der Waals surface area contributed by atoms with Crippen LogP contribution in [-0.4, -0.2) is 29.0 Å². The topological polar surface area (TPSA) is 76.1 Å². The second-order valence-electron chi connectivity index (χ2n) is 6.83. The molecule has 28 heavy (non-hydrogen) atoms. The van der Waals surface area contributed by atoms with E-state index in [1.807, 2.05) is 48.5 Å². The van der Waals surface area contributed by atoms with E-state index in [2.05, 4.69) is 20.6 Å². The van der Waals surface area contributed by atoms with Crippen LogP contribution in [0.3, 0.4) is 0 Å². The van der Waals surface area contributed by atoms with Crippen LogP contribution in [0, 0.1) is 0 Å². The lowest BCUT2D eigenvalue weighted by molar-refractivity contribution is 0.0917. The maximum absolute atomic E-state index is 12.2. The first-order chi connectivity index (χ1) is 13.7. The number of carbonyl (C=O) groups is 1. The van der Waals surface area contributed by atoms with E-state index in [0.717, 1.165) is 35.4 Å². The Balaban J connectivity index is 1.38. The number of nitrogens with one attached hydrogen (secondary N) is 2. The molecule has 4 rings (SSSR count). The Kier molecular flexibility index (Phi) is 5.19. The van der Waals surface area contributed by atoms with E-state index >= 15 is 0 Å². The molecule has 1 aliphatic rings. The predicted octanol–water partition coefficient (Wildman–Crippen LogP) is 4.18. The van der Waals surface area contributed by atoms with Crippen molar-refractivity contribution in [3.05, 3.63) is 66.5 Å². The molecule has 6 heteroatoms. The minimum Gasteiger partial charge on any atom is -0.497 e. The van der Waals surface area contributed by atoms with E-state index in [0.29, 0.717) is 17.6 Å². The van der Waals surface area contributed by atoms with Crippen LogP contribution in [0.5, 0.6) is 5.75 Å². The highest BCUT2D eigenvalue weighted by molar-refractivity contribution is 5.94. The monoisotopic (exact) mass is 374 g/mol. The minimum absolute atomic E-state index is 0.0173. The van der Waals surface area contributed by atoms with Crippen LogP contribution in [-0.2, 0) is 0 Å². The Labute approximate surface area is 164 Å². The minimum atomic E-state index is -0.0173. The lowest BCUT2D eigenvalue weighted by Crippen LogP contribution is -2.39. The van der Waals surface area contributed by atoms with Gasteiger partial charge >= 0.3 is 0 Å². The summed E-state index contributed by atoms with van der Waals surface area (Å²) in [6, 6.07) is 15.4. The molecule has 2 N–H and O–H groups in total. The number of anilines is 2. The molecule has 0 spiro atoms. The van der Waals surface area contributed by atoms with Gasteiger partial charge in [-0.2, -0.15) is 0 Å². The molecule has 6 nitrogen and oxygen atoms in total. The summed E-state index contributed by atoms with van der Waals surface area (Å²) in [5.74, 6) is 1.30. The van der Waals surface area contributed by atoms with Gasteiger partial charge in [0, 0.05) is 35.2 Å². The Hall–Kier alpha value is -3.41. The number of amides is 1. The van der Waals surface area contributed by atoms with Crippen LogP contribution in [0.25, 0.3) is 11.1 Å². The fraction of sp³-hybridized carbons (Fsp3) is 0.227. The highest BCUT2D eigenvalue weighted by Gasteiger charge is 2.19. The normalized spacial score (nSPS) is 13.5. The third-order valence-corrected chi connectivity index (χ3v) is 4.92. The van der Waals surface area contributed by atoms with Crippen molar-refractivity contribution in [3.63, 3.8) is 0 Å². The van der Waals surface area contributed by atoms with Gasteiger partial charge in [-0.1, -0.05) is 12.1 Å². The largest absolute Gasteiger partial charge is 0.497 e.